The number of sulfonamides is 1. The van der Waals surface area contributed by atoms with Crippen LogP contribution in [0.2, 0.25) is 0 Å². The summed E-state index contributed by atoms with van der Waals surface area (Å²) >= 11 is 0. The van der Waals surface area contributed by atoms with Crippen LogP contribution >= 0.6 is 24.0 Å². The molecule has 1 aliphatic heterocycles. The minimum absolute atomic E-state index is 0. The lowest BCUT2D eigenvalue weighted by Gasteiger charge is -2.23. The zero-order valence-electron chi connectivity index (χ0n) is 13.5. The summed E-state index contributed by atoms with van der Waals surface area (Å²) in [6, 6.07) is 3.79. The molecule has 0 radical (unpaired) electrons. The molecule has 23 heavy (non-hydrogen) atoms. The summed E-state index contributed by atoms with van der Waals surface area (Å²) in [7, 11) is -1.43. The third kappa shape index (κ3) is 6.30. The van der Waals surface area contributed by atoms with Crippen LogP contribution in [0.15, 0.2) is 27.8 Å². The molecular weight excluding hydrogens is 431 g/mol. The quantitative estimate of drug-likeness (QED) is 0.380. The van der Waals surface area contributed by atoms with Crippen molar-refractivity contribution in [3.8, 4) is 0 Å². The maximum Gasteiger partial charge on any atom is 0.211 e. The van der Waals surface area contributed by atoms with Gasteiger partial charge in [0.05, 0.1) is 12.5 Å². The second-order valence-electron chi connectivity index (χ2n) is 5.38. The second-order valence-corrected chi connectivity index (χ2v) is 7.31. The molecule has 9 heteroatoms. The van der Waals surface area contributed by atoms with Crippen molar-refractivity contribution in [3.05, 3.63) is 24.2 Å². The zero-order valence-corrected chi connectivity index (χ0v) is 16.6. The van der Waals surface area contributed by atoms with E-state index in [1.54, 1.807) is 17.6 Å². The van der Waals surface area contributed by atoms with Gasteiger partial charge in [-0.15, -0.1) is 24.0 Å². The van der Waals surface area contributed by atoms with Crippen molar-refractivity contribution in [3.63, 3.8) is 0 Å². The van der Waals surface area contributed by atoms with Gasteiger partial charge in [0, 0.05) is 39.1 Å². The van der Waals surface area contributed by atoms with Crippen molar-refractivity contribution in [2.24, 2.45) is 4.99 Å². The Balaban J connectivity index is 0.00000264. The fourth-order valence-corrected chi connectivity index (χ4v) is 3.83. The van der Waals surface area contributed by atoms with Crippen LogP contribution in [0.4, 0.5) is 0 Å². The molecule has 0 saturated carbocycles. The first-order valence-corrected chi connectivity index (χ1v) is 9.29. The van der Waals surface area contributed by atoms with E-state index in [9.17, 15) is 8.42 Å². The highest BCUT2D eigenvalue weighted by Crippen LogP contribution is 2.19. The fourth-order valence-electron chi connectivity index (χ4n) is 2.64. The summed E-state index contributed by atoms with van der Waals surface area (Å²) in [6.07, 6.45) is 5.48. The van der Waals surface area contributed by atoms with Crippen LogP contribution in [0.5, 0.6) is 0 Å². The Morgan fingerprint density at radius 3 is 2.87 bits per heavy atom. The third-order valence-electron chi connectivity index (χ3n) is 3.72. The summed E-state index contributed by atoms with van der Waals surface area (Å²) in [5.41, 5.74) is 0. The Hall–Kier alpha value is -0.810. The van der Waals surface area contributed by atoms with Crippen LogP contribution in [0, 0.1) is 0 Å². The van der Waals surface area contributed by atoms with E-state index in [2.05, 4.69) is 15.6 Å². The molecule has 2 N–H and O–H groups in total. The summed E-state index contributed by atoms with van der Waals surface area (Å²) in [5, 5.41) is 6.39. The summed E-state index contributed by atoms with van der Waals surface area (Å²) in [6.45, 7) is 1.87. The highest BCUT2D eigenvalue weighted by Gasteiger charge is 2.31. The first-order valence-electron chi connectivity index (χ1n) is 7.44. The summed E-state index contributed by atoms with van der Waals surface area (Å²) in [4.78, 5) is 4.15. The van der Waals surface area contributed by atoms with Crippen LogP contribution in [-0.2, 0) is 16.4 Å². The maximum absolute atomic E-state index is 11.7. The van der Waals surface area contributed by atoms with Crippen LogP contribution < -0.4 is 10.6 Å². The first-order chi connectivity index (χ1) is 10.5. The van der Waals surface area contributed by atoms with E-state index >= 15 is 0 Å². The molecule has 2 rings (SSSR count). The molecule has 1 fully saturated rings. The fraction of sp³-hybridized carbons (Fsp3) is 0.643. The average Bonchev–Trinajstić information content (AvgIpc) is 3.12. The van der Waals surface area contributed by atoms with Gasteiger partial charge in [-0.2, -0.15) is 4.31 Å². The van der Waals surface area contributed by atoms with E-state index in [0.29, 0.717) is 25.6 Å². The number of halogens is 1. The highest BCUT2D eigenvalue weighted by atomic mass is 127. The summed E-state index contributed by atoms with van der Waals surface area (Å²) < 4.78 is 30.2. The molecule has 132 valence electrons. The van der Waals surface area contributed by atoms with Gasteiger partial charge in [-0.25, -0.2) is 8.42 Å². The monoisotopic (exact) mass is 456 g/mol. The number of rotatable bonds is 6. The average molecular weight is 456 g/mol. The predicted molar refractivity (Wildman–Crippen MR) is 102 cm³/mol. The Morgan fingerprint density at radius 1 is 1.48 bits per heavy atom. The molecule has 0 amide bonds. The number of nitrogens with zero attached hydrogens (tertiary/aromatic N) is 2. The van der Waals surface area contributed by atoms with Gasteiger partial charge in [0.1, 0.15) is 5.76 Å². The first kappa shape index (κ1) is 20.2. The van der Waals surface area contributed by atoms with E-state index in [4.69, 9.17) is 4.42 Å². The van der Waals surface area contributed by atoms with Gasteiger partial charge in [-0.1, -0.05) is 0 Å². The topological polar surface area (TPSA) is 86.9 Å². The van der Waals surface area contributed by atoms with Gasteiger partial charge >= 0.3 is 0 Å². The van der Waals surface area contributed by atoms with Crippen LogP contribution in [-0.4, -0.2) is 57.7 Å². The SMILES string of the molecule is CN=C(NCCc1ccco1)NC[C@H]1CCCN1S(C)(=O)=O.I. The molecule has 0 spiro atoms. The lowest BCUT2D eigenvalue weighted by Crippen LogP contribution is -2.46. The van der Waals surface area contributed by atoms with Gasteiger partial charge in [-0.3, -0.25) is 4.99 Å². The van der Waals surface area contributed by atoms with Gasteiger partial charge in [0.2, 0.25) is 10.0 Å². The van der Waals surface area contributed by atoms with Crippen LogP contribution in [0.25, 0.3) is 0 Å². The smallest absolute Gasteiger partial charge is 0.211 e. The molecule has 0 unspecified atom stereocenters. The van der Waals surface area contributed by atoms with Crippen LogP contribution in [0.3, 0.4) is 0 Å². The molecule has 1 saturated heterocycles. The van der Waals surface area contributed by atoms with Crippen molar-refractivity contribution < 1.29 is 12.8 Å². The van der Waals surface area contributed by atoms with Crippen molar-refractivity contribution in [2.45, 2.75) is 25.3 Å². The zero-order chi connectivity index (χ0) is 16.0. The Morgan fingerprint density at radius 2 is 2.26 bits per heavy atom. The number of hydrogen-bond donors (Lipinski definition) is 2. The Kier molecular flexibility index (Phi) is 8.34. The van der Waals surface area contributed by atoms with Crippen molar-refractivity contribution in [1.29, 1.82) is 0 Å². The largest absolute Gasteiger partial charge is 0.469 e. The lowest BCUT2D eigenvalue weighted by atomic mass is 10.2. The summed E-state index contributed by atoms with van der Waals surface area (Å²) in [5.74, 6) is 1.59. The molecule has 7 nitrogen and oxygen atoms in total. The predicted octanol–water partition coefficient (Wildman–Crippen LogP) is 1.03. The maximum atomic E-state index is 11.7. The molecule has 0 aliphatic carbocycles. The van der Waals surface area contributed by atoms with Crippen molar-refractivity contribution in [1.82, 2.24) is 14.9 Å². The molecule has 2 heterocycles. The van der Waals surface area contributed by atoms with Gasteiger partial charge in [0.15, 0.2) is 5.96 Å². The van der Waals surface area contributed by atoms with E-state index in [1.807, 2.05) is 12.1 Å². The number of hydrogen-bond acceptors (Lipinski definition) is 4. The normalized spacial score (nSPS) is 19.4. The molecule has 0 aromatic carbocycles. The van der Waals surface area contributed by atoms with Gasteiger partial charge < -0.3 is 15.1 Å². The van der Waals surface area contributed by atoms with E-state index < -0.39 is 10.0 Å². The van der Waals surface area contributed by atoms with Crippen molar-refractivity contribution >= 4 is 40.0 Å². The Labute approximate surface area is 155 Å². The number of aliphatic imine (C=N–C) groups is 1. The molecule has 1 aliphatic rings. The minimum Gasteiger partial charge on any atom is -0.469 e. The molecule has 1 aromatic heterocycles. The molecule has 1 atom stereocenters. The number of guanidine groups is 1. The van der Waals surface area contributed by atoms with E-state index in [0.717, 1.165) is 25.0 Å². The number of furan rings is 1. The van der Waals surface area contributed by atoms with Crippen LogP contribution in [0.1, 0.15) is 18.6 Å². The van der Waals surface area contributed by atoms with Gasteiger partial charge in [-0.05, 0) is 25.0 Å². The number of nitrogens with one attached hydrogen (secondary N) is 2. The molecular formula is C14H25IN4O3S. The van der Waals surface area contributed by atoms with Gasteiger partial charge in [0.25, 0.3) is 0 Å². The standard InChI is InChI=1S/C14H24N4O3S.HI/c1-15-14(16-8-7-13-6-4-10-21-13)17-11-12-5-3-9-18(12)22(2,19)20;/h4,6,10,12H,3,5,7-9,11H2,1-2H3,(H2,15,16,17);1H/t12-;/m1./s1. The highest BCUT2D eigenvalue weighted by molar-refractivity contribution is 14.0. The Bertz CT molecular complexity index is 589. The lowest BCUT2D eigenvalue weighted by molar-refractivity contribution is 0.387. The second kappa shape index (κ2) is 9.48. The van der Waals surface area contributed by atoms with E-state index in [-0.39, 0.29) is 30.0 Å². The minimum atomic E-state index is -3.13. The molecule has 0 bridgehead atoms. The third-order valence-corrected chi connectivity index (χ3v) is 5.05. The van der Waals surface area contributed by atoms with Crippen molar-refractivity contribution in [2.75, 3.05) is 32.9 Å². The molecule has 1 aromatic rings. The van der Waals surface area contributed by atoms with E-state index in [1.165, 1.54) is 6.26 Å².